The summed E-state index contributed by atoms with van der Waals surface area (Å²) in [6.07, 6.45) is 1.47. The smallest absolute Gasteiger partial charge is 0.269 e. The molecular formula is C19H27N3O5. The number of ether oxygens (including phenoxy) is 1. The Morgan fingerprint density at radius 2 is 1.85 bits per heavy atom. The fraction of sp³-hybridized carbons (Fsp3) is 0.526. The Morgan fingerprint density at radius 1 is 1.22 bits per heavy atom. The van der Waals surface area contributed by atoms with Gasteiger partial charge in [-0.2, -0.15) is 0 Å². The van der Waals surface area contributed by atoms with Crippen molar-refractivity contribution in [3.8, 4) is 0 Å². The summed E-state index contributed by atoms with van der Waals surface area (Å²) < 4.78 is 5.32. The highest BCUT2D eigenvalue weighted by atomic mass is 16.6. The third kappa shape index (κ3) is 8.44. The van der Waals surface area contributed by atoms with Gasteiger partial charge in [-0.1, -0.05) is 32.9 Å². The van der Waals surface area contributed by atoms with Crippen LogP contribution in [0.4, 0.5) is 5.69 Å². The summed E-state index contributed by atoms with van der Waals surface area (Å²) in [6.45, 7) is 7.58. The number of carbonyl (C=O) groups is 2. The van der Waals surface area contributed by atoms with Gasteiger partial charge in [-0.05, 0) is 25.3 Å². The Kier molecular flexibility index (Phi) is 8.58. The Hall–Kier alpha value is -2.77. The van der Waals surface area contributed by atoms with Gasteiger partial charge in [0.2, 0.25) is 11.8 Å². The van der Waals surface area contributed by atoms with Crippen LogP contribution in [0.2, 0.25) is 0 Å². The van der Waals surface area contributed by atoms with Gasteiger partial charge >= 0.3 is 0 Å². The minimum Gasteiger partial charge on any atom is -0.480 e. The molecule has 0 aromatic heterocycles. The van der Waals surface area contributed by atoms with Gasteiger partial charge in [0.25, 0.3) is 5.69 Å². The van der Waals surface area contributed by atoms with Crippen molar-refractivity contribution in [1.82, 2.24) is 5.43 Å². The van der Waals surface area contributed by atoms with Crippen LogP contribution in [-0.2, 0) is 20.7 Å². The summed E-state index contributed by atoms with van der Waals surface area (Å²) in [4.78, 5) is 34.2. The van der Waals surface area contributed by atoms with Gasteiger partial charge in [0.05, 0.1) is 18.0 Å². The van der Waals surface area contributed by atoms with Crippen LogP contribution in [0.1, 0.15) is 52.5 Å². The fourth-order valence-electron chi connectivity index (χ4n) is 2.11. The molecule has 0 aliphatic heterocycles. The number of rotatable bonds is 9. The number of carbonyl (C=O) groups excluding carboxylic acids is 2. The number of benzene rings is 1. The molecule has 1 aromatic rings. The first kappa shape index (κ1) is 22.3. The van der Waals surface area contributed by atoms with Crippen LogP contribution in [0.25, 0.3) is 0 Å². The summed E-state index contributed by atoms with van der Waals surface area (Å²) in [5.41, 5.74) is 2.87. The van der Waals surface area contributed by atoms with Gasteiger partial charge in [-0.25, -0.2) is 5.43 Å². The lowest BCUT2D eigenvalue weighted by Gasteiger charge is -2.17. The van der Waals surface area contributed by atoms with E-state index in [9.17, 15) is 19.7 Å². The second-order valence-corrected chi connectivity index (χ2v) is 7.10. The number of nitrogens with one attached hydrogen (secondary N) is 1. The number of amides is 1. The maximum atomic E-state index is 12.1. The van der Waals surface area contributed by atoms with Crippen molar-refractivity contribution in [1.29, 1.82) is 0 Å². The third-order valence-electron chi connectivity index (χ3n) is 3.78. The lowest BCUT2D eigenvalue weighted by molar-refractivity contribution is -0.384. The molecule has 1 amide bonds. The van der Waals surface area contributed by atoms with Gasteiger partial charge in [0, 0.05) is 24.0 Å². The van der Waals surface area contributed by atoms with Crippen molar-refractivity contribution in [2.24, 2.45) is 10.5 Å². The van der Waals surface area contributed by atoms with E-state index < -0.39 is 10.3 Å². The average molecular weight is 377 g/mol. The highest BCUT2D eigenvalue weighted by Crippen LogP contribution is 2.17. The number of aryl methyl sites for hydroxylation is 1. The van der Waals surface area contributed by atoms with E-state index in [0.29, 0.717) is 19.4 Å². The van der Waals surface area contributed by atoms with Crippen LogP contribution in [0, 0.1) is 15.5 Å². The summed E-state index contributed by atoms with van der Waals surface area (Å²) in [5, 5.41) is 14.5. The quantitative estimate of drug-likeness (QED) is 0.307. The zero-order chi connectivity index (χ0) is 20.4. The van der Waals surface area contributed by atoms with Crippen molar-refractivity contribution in [2.45, 2.75) is 53.4 Å². The first-order valence-corrected chi connectivity index (χ1v) is 8.88. The fourth-order valence-corrected chi connectivity index (χ4v) is 2.11. The highest BCUT2D eigenvalue weighted by Gasteiger charge is 2.23. The number of ketones is 1. The number of hydrogen-bond donors (Lipinski definition) is 1. The predicted molar refractivity (Wildman–Crippen MR) is 102 cm³/mol. The predicted octanol–water partition coefficient (Wildman–Crippen LogP) is 3.39. The zero-order valence-electron chi connectivity index (χ0n) is 16.3. The van der Waals surface area contributed by atoms with Crippen LogP contribution >= 0.6 is 0 Å². The van der Waals surface area contributed by atoms with Crippen LogP contribution in [0.15, 0.2) is 29.4 Å². The van der Waals surface area contributed by atoms with Crippen LogP contribution in [0.5, 0.6) is 0 Å². The highest BCUT2D eigenvalue weighted by molar-refractivity contribution is 6.00. The van der Waals surface area contributed by atoms with Crippen LogP contribution in [0.3, 0.4) is 0 Å². The van der Waals surface area contributed by atoms with E-state index in [1.165, 1.54) is 12.1 Å². The number of hydrazone groups is 1. The Labute approximate surface area is 159 Å². The largest absolute Gasteiger partial charge is 0.480 e. The van der Waals surface area contributed by atoms with E-state index in [-0.39, 0.29) is 36.1 Å². The molecule has 0 aliphatic rings. The molecule has 27 heavy (non-hydrogen) atoms. The third-order valence-corrected chi connectivity index (χ3v) is 3.78. The molecule has 1 rings (SSSR count). The molecule has 0 fully saturated rings. The lowest BCUT2D eigenvalue weighted by Crippen LogP contribution is -2.26. The maximum absolute atomic E-state index is 12.1. The van der Waals surface area contributed by atoms with E-state index >= 15 is 0 Å². The zero-order valence-corrected chi connectivity index (χ0v) is 16.3. The second-order valence-electron chi connectivity index (χ2n) is 7.10. The minimum absolute atomic E-state index is 0.0258. The van der Waals surface area contributed by atoms with Gasteiger partial charge in [-0.15, -0.1) is 5.10 Å². The van der Waals surface area contributed by atoms with E-state index in [1.807, 2.05) is 20.8 Å². The number of Topliss-reactive ketones (excluding diaryl/α,β-unsaturated/α-hetero) is 1. The summed E-state index contributed by atoms with van der Waals surface area (Å²) >= 11 is 0. The molecule has 8 nitrogen and oxygen atoms in total. The summed E-state index contributed by atoms with van der Waals surface area (Å²) in [6, 6.07) is 6.25. The minimum atomic E-state index is -0.507. The first-order chi connectivity index (χ1) is 12.6. The van der Waals surface area contributed by atoms with Crippen molar-refractivity contribution < 1.29 is 19.2 Å². The Bertz CT molecular complexity index is 690. The molecule has 0 aliphatic carbocycles. The van der Waals surface area contributed by atoms with E-state index in [0.717, 1.165) is 5.56 Å². The molecule has 0 radical (unpaired) electrons. The summed E-state index contributed by atoms with van der Waals surface area (Å²) in [5.74, 6) is -0.111. The number of hydrogen-bond acceptors (Lipinski definition) is 6. The maximum Gasteiger partial charge on any atom is 0.269 e. The van der Waals surface area contributed by atoms with Gasteiger partial charge in [-0.3, -0.25) is 19.7 Å². The molecule has 0 spiro atoms. The molecule has 148 valence electrons. The normalized spacial score (nSPS) is 11.8. The second kappa shape index (κ2) is 10.4. The molecule has 0 unspecified atom stereocenters. The van der Waals surface area contributed by atoms with Crippen molar-refractivity contribution >= 4 is 23.3 Å². The first-order valence-electron chi connectivity index (χ1n) is 8.88. The molecule has 0 saturated carbocycles. The van der Waals surface area contributed by atoms with E-state index in [4.69, 9.17) is 4.74 Å². The summed E-state index contributed by atoms with van der Waals surface area (Å²) in [7, 11) is 0. The number of non-ortho nitro benzene ring substituents is 1. The molecule has 8 heteroatoms. The number of nitrogens with zero attached hydrogens (tertiary/aromatic N) is 2. The van der Waals surface area contributed by atoms with Gasteiger partial charge < -0.3 is 4.74 Å². The molecule has 1 N–H and O–H groups in total. The molecular weight excluding hydrogens is 350 g/mol. The molecule has 0 atom stereocenters. The Balaban J connectivity index is 2.48. The molecule has 0 bridgehead atoms. The van der Waals surface area contributed by atoms with Gasteiger partial charge in [0.1, 0.15) is 5.78 Å². The van der Waals surface area contributed by atoms with Crippen LogP contribution in [-0.4, -0.2) is 29.1 Å². The number of nitro benzene ring substituents is 1. The molecule has 0 saturated heterocycles. The standard InChI is InChI=1S/C19H27N3O5/c1-5-27-18(13-16(23)19(2,3)4)21-20-17(24)8-6-7-14-9-11-15(12-10-14)22(25)26/h9-12H,5-8,13H2,1-4H3,(H,20,24)/b21-18+. The molecule has 0 heterocycles. The monoisotopic (exact) mass is 377 g/mol. The van der Waals surface area contributed by atoms with Crippen LogP contribution < -0.4 is 5.43 Å². The van der Waals surface area contributed by atoms with E-state index in [2.05, 4.69) is 10.5 Å². The van der Waals surface area contributed by atoms with Crippen molar-refractivity contribution in [3.63, 3.8) is 0 Å². The van der Waals surface area contributed by atoms with Crippen molar-refractivity contribution in [2.75, 3.05) is 6.61 Å². The van der Waals surface area contributed by atoms with Crippen molar-refractivity contribution in [3.05, 3.63) is 39.9 Å². The SMILES string of the molecule is CCO/C(CC(=O)C(C)(C)C)=N/NC(=O)CCCc1ccc([N+](=O)[O-])cc1. The van der Waals surface area contributed by atoms with Gasteiger partial charge in [0.15, 0.2) is 0 Å². The number of nitro groups is 1. The molecule has 1 aromatic carbocycles. The Morgan fingerprint density at radius 3 is 2.37 bits per heavy atom. The average Bonchev–Trinajstić information content (AvgIpc) is 2.59. The topological polar surface area (TPSA) is 111 Å². The van der Waals surface area contributed by atoms with E-state index in [1.54, 1.807) is 19.1 Å². The lowest BCUT2D eigenvalue weighted by atomic mass is 9.89.